The summed E-state index contributed by atoms with van der Waals surface area (Å²) >= 11 is 1.52. The number of aryl methyl sites for hydroxylation is 1. The minimum Gasteiger partial charge on any atom is -0.508 e. The van der Waals surface area contributed by atoms with Crippen LogP contribution in [0.3, 0.4) is 0 Å². The molecule has 3 heteroatoms. The average Bonchev–Trinajstić information content (AvgIpc) is 2.75. The van der Waals surface area contributed by atoms with Gasteiger partial charge in [0.05, 0.1) is 0 Å². The maximum Gasteiger partial charge on any atom is 0.116 e. The zero-order valence-corrected chi connectivity index (χ0v) is 10.2. The van der Waals surface area contributed by atoms with Gasteiger partial charge in [-0.3, -0.25) is 0 Å². The van der Waals surface area contributed by atoms with Gasteiger partial charge < -0.3 is 5.11 Å². The Hall–Kier alpha value is -1.87. The van der Waals surface area contributed by atoms with Crippen LogP contribution in [0.4, 0.5) is 0 Å². The summed E-state index contributed by atoms with van der Waals surface area (Å²) in [5.74, 6) is 0.304. The molecular weight excluding hydrogens is 230 g/mol. The zero-order chi connectivity index (χ0) is 11.8. The molecule has 0 aliphatic rings. The predicted octanol–water partition coefficient (Wildman–Crippen LogP) is 3.98. The Morgan fingerprint density at radius 1 is 1.06 bits per heavy atom. The van der Waals surface area contributed by atoms with Crippen LogP contribution in [0.25, 0.3) is 21.9 Å². The number of phenols is 1. The van der Waals surface area contributed by atoms with Crippen molar-refractivity contribution in [2.75, 3.05) is 0 Å². The second kappa shape index (κ2) is 3.86. The van der Waals surface area contributed by atoms with Crippen molar-refractivity contribution in [3.05, 3.63) is 47.5 Å². The van der Waals surface area contributed by atoms with E-state index < -0.39 is 0 Å². The molecule has 1 heterocycles. The SMILES string of the molecule is Cc1sncc1-c1ccc2cc(O)ccc2c1. The summed E-state index contributed by atoms with van der Waals surface area (Å²) in [6.45, 7) is 2.08. The number of benzene rings is 2. The maximum absolute atomic E-state index is 9.42. The van der Waals surface area contributed by atoms with Crippen LogP contribution >= 0.6 is 11.5 Å². The van der Waals surface area contributed by atoms with E-state index in [1.54, 1.807) is 12.1 Å². The Labute approximate surface area is 103 Å². The van der Waals surface area contributed by atoms with Gasteiger partial charge in [-0.2, -0.15) is 0 Å². The maximum atomic E-state index is 9.42. The Morgan fingerprint density at radius 3 is 2.59 bits per heavy atom. The zero-order valence-electron chi connectivity index (χ0n) is 9.34. The van der Waals surface area contributed by atoms with E-state index in [-0.39, 0.29) is 0 Å². The minimum atomic E-state index is 0.304. The first-order valence-corrected chi connectivity index (χ1v) is 6.16. The summed E-state index contributed by atoms with van der Waals surface area (Å²) in [5.41, 5.74) is 2.36. The standard InChI is InChI=1S/C14H11NOS/c1-9-14(8-15-17-9)12-3-2-11-7-13(16)5-4-10(11)6-12/h2-8,16H,1H3. The third-order valence-corrected chi connectivity index (χ3v) is 3.59. The Morgan fingerprint density at radius 2 is 1.82 bits per heavy atom. The van der Waals surface area contributed by atoms with Gasteiger partial charge in [-0.15, -0.1) is 0 Å². The summed E-state index contributed by atoms with van der Waals surface area (Å²) in [7, 11) is 0. The summed E-state index contributed by atoms with van der Waals surface area (Å²) in [4.78, 5) is 1.23. The number of phenolic OH excluding ortho intramolecular Hbond substituents is 1. The highest BCUT2D eigenvalue weighted by molar-refractivity contribution is 7.06. The Balaban J connectivity index is 2.20. The third kappa shape index (κ3) is 1.78. The molecule has 0 spiro atoms. The molecule has 1 aromatic heterocycles. The average molecular weight is 241 g/mol. The van der Waals surface area contributed by atoms with Crippen molar-refractivity contribution < 1.29 is 5.11 Å². The van der Waals surface area contributed by atoms with Gasteiger partial charge in [0, 0.05) is 16.6 Å². The molecule has 0 unspecified atom stereocenters. The van der Waals surface area contributed by atoms with E-state index in [1.807, 2.05) is 18.3 Å². The topological polar surface area (TPSA) is 33.1 Å². The van der Waals surface area contributed by atoms with Crippen molar-refractivity contribution in [1.82, 2.24) is 4.37 Å². The molecule has 3 rings (SSSR count). The molecule has 0 amide bonds. The van der Waals surface area contributed by atoms with E-state index in [0.717, 1.165) is 10.8 Å². The minimum absolute atomic E-state index is 0.304. The summed E-state index contributed by atoms with van der Waals surface area (Å²) in [6, 6.07) is 11.7. The monoisotopic (exact) mass is 241 g/mol. The summed E-state index contributed by atoms with van der Waals surface area (Å²) in [6.07, 6.45) is 1.90. The molecule has 0 aliphatic heterocycles. The van der Waals surface area contributed by atoms with Crippen molar-refractivity contribution in [3.63, 3.8) is 0 Å². The molecule has 1 N–H and O–H groups in total. The molecule has 2 nitrogen and oxygen atoms in total. The molecule has 0 fully saturated rings. The van der Waals surface area contributed by atoms with Crippen LogP contribution in [-0.4, -0.2) is 9.48 Å². The van der Waals surface area contributed by atoms with Crippen molar-refractivity contribution in [3.8, 4) is 16.9 Å². The number of rotatable bonds is 1. The number of nitrogens with zero attached hydrogens (tertiary/aromatic N) is 1. The smallest absolute Gasteiger partial charge is 0.116 e. The second-order valence-electron chi connectivity index (χ2n) is 4.04. The van der Waals surface area contributed by atoms with Gasteiger partial charge in [0.15, 0.2) is 0 Å². The fraction of sp³-hybridized carbons (Fsp3) is 0.0714. The third-order valence-electron chi connectivity index (χ3n) is 2.89. The van der Waals surface area contributed by atoms with Crippen LogP contribution in [-0.2, 0) is 0 Å². The van der Waals surface area contributed by atoms with Gasteiger partial charge in [0.1, 0.15) is 5.75 Å². The van der Waals surface area contributed by atoms with E-state index in [0.29, 0.717) is 5.75 Å². The lowest BCUT2D eigenvalue weighted by atomic mass is 10.0. The molecular formula is C14H11NOS. The van der Waals surface area contributed by atoms with Crippen LogP contribution < -0.4 is 0 Å². The van der Waals surface area contributed by atoms with Gasteiger partial charge in [-0.25, -0.2) is 4.37 Å². The largest absolute Gasteiger partial charge is 0.508 e. The molecule has 2 aromatic carbocycles. The lowest BCUT2D eigenvalue weighted by molar-refractivity contribution is 0.476. The molecule has 84 valence electrons. The first kappa shape index (κ1) is 10.3. The van der Waals surface area contributed by atoms with Gasteiger partial charge >= 0.3 is 0 Å². The molecule has 3 aromatic rings. The number of aromatic hydroxyl groups is 1. The molecule has 0 saturated heterocycles. The fourth-order valence-corrected chi connectivity index (χ4v) is 2.56. The first-order chi connectivity index (χ1) is 8.24. The van der Waals surface area contributed by atoms with Crippen molar-refractivity contribution in [1.29, 1.82) is 0 Å². The van der Waals surface area contributed by atoms with Gasteiger partial charge in [-0.05, 0) is 53.0 Å². The van der Waals surface area contributed by atoms with Crippen LogP contribution in [0, 0.1) is 6.92 Å². The molecule has 0 radical (unpaired) electrons. The molecule has 0 aliphatic carbocycles. The normalized spacial score (nSPS) is 10.9. The van der Waals surface area contributed by atoms with E-state index in [9.17, 15) is 5.11 Å². The predicted molar refractivity (Wildman–Crippen MR) is 71.5 cm³/mol. The Kier molecular flexibility index (Phi) is 2.34. The van der Waals surface area contributed by atoms with Gasteiger partial charge in [-0.1, -0.05) is 18.2 Å². The van der Waals surface area contributed by atoms with E-state index in [4.69, 9.17) is 0 Å². The highest BCUT2D eigenvalue weighted by Gasteiger charge is 2.05. The van der Waals surface area contributed by atoms with Crippen LogP contribution in [0.15, 0.2) is 42.6 Å². The van der Waals surface area contributed by atoms with Crippen LogP contribution in [0.2, 0.25) is 0 Å². The van der Waals surface area contributed by atoms with E-state index in [1.165, 1.54) is 27.5 Å². The lowest BCUT2D eigenvalue weighted by Gasteiger charge is -2.03. The number of aromatic nitrogens is 1. The highest BCUT2D eigenvalue weighted by Crippen LogP contribution is 2.29. The quantitative estimate of drug-likeness (QED) is 0.699. The highest BCUT2D eigenvalue weighted by atomic mass is 32.1. The van der Waals surface area contributed by atoms with Crippen LogP contribution in [0.1, 0.15) is 4.88 Å². The number of hydrogen-bond donors (Lipinski definition) is 1. The van der Waals surface area contributed by atoms with Gasteiger partial charge in [0.25, 0.3) is 0 Å². The number of hydrogen-bond acceptors (Lipinski definition) is 3. The lowest BCUT2D eigenvalue weighted by Crippen LogP contribution is -1.78. The van der Waals surface area contributed by atoms with E-state index in [2.05, 4.69) is 23.4 Å². The van der Waals surface area contributed by atoms with Crippen molar-refractivity contribution in [2.24, 2.45) is 0 Å². The summed E-state index contributed by atoms with van der Waals surface area (Å²) in [5, 5.41) is 11.6. The van der Waals surface area contributed by atoms with Crippen molar-refractivity contribution >= 4 is 22.3 Å². The number of fused-ring (bicyclic) bond motifs is 1. The van der Waals surface area contributed by atoms with Crippen LogP contribution in [0.5, 0.6) is 5.75 Å². The fourth-order valence-electron chi connectivity index (χ4n) is 1.98. The van der Waals surface area contributed by atoms with Crippen molar-refractivity contribution in [2.45, 2.75) is 6.92 Å². The molecule has 0 saturated carbocycles. The van der Waals surface area contributed by atoms with Gasteiger partial charge in [0.2, 0.25) is 0 Å². The molecule has 0 atom stereocenters. The molecule has 17 heavy (non-hydrogen) atoms. The first-order valence-electron chi connectivity index (χ1n) is 5.38. The Bertz CT molecular complexity index is 688. The van der Waals surface area contributed by atoms with E-state index >= 15 is 0 Å². The summed E-state index contributed by atoms with van der Waals surface area (Å²) < 4.78 is 4.19. The molecule has 0 bridgehead atoms. The second-order valence-corrected chi connectivity index (χ2v) is 5.05.